The highest BCUT2D eigenvalue weighted by atomic mass is 79.9. The summed E-state index contributed by atoms with van der Waals surface area (Å²) in [4.78, 5) is 32.9. The third-order valence-electron chi connectivity index (χ3n) is 6.53. The molecule has 2 aromatic heterocycles. The number of pyridine rings is 2. The lowest BCUT2D eigenvalue weighted by Crippen LogP contribution is -2.11. The van der Waals surface area contributed by atoms with Crippen molar-refractivity contribution in [3.63, 3.8) is 0 Å². The molecule has 46 heavy (non-hydrogen) atoms. The number of carbonyl (C=O) groups excluding carboxylic acids is 1. The number of rotatable bonds is 7. The largest absolute Gasteiger partial charge is 0.478 e. The van der Waals surface area contributed by atoms with Crippen LogP contribution in [0.25, 0.3) is 21.8 Å². The second kappa shape index (κ2) is 14.9. The first-order valence-electron chi connectivity index (χ1n) is 13.8. The number of hydrogen-bond acceptors (Lipinski definition) is 7. The summed E-state index contributed by atoms with van der Waals surface area (Å²) in [7, 11) is 0. The lowest BCUT2D eigenvalue weighted by Gasteiger charge is -2.14. The standard InChI is InChI=1S/C18H14BrClN2O2.C16H10BrClN2O2/c1-2-24-18(23)15-16(20)13-10-11(19)8-9-14(13)22-17(15)21-12-6-4-3-5-7-12;17-9-6-7-12-11(8-9)14(18)13(16(21)22)15(20-12)19-10-4-2-1-3-5-10/h3-10H,2H2,1H3,(H,21,22);1-8H,(H,19,20)(H,21,22). The number of anilines is 4. The van der Waals surface area contributed by atoms with Gasteiger partial charge in [-0.3, -0.25) is 0 Å². The number of carboxylic acids is 1. The van der Waals surface area contributed by atoms with Crippen molar-refractivity contribution in [2.24, 2.45) is 0 Å². The maximum absolute atomic E-state index is 12.4. The van der Waals surface area contributed by atoms with Crippen molar-refractivity contribution in [2.45, 2.75) is 6.92 Å². The van der Waals surface area contributed by atoms with E-state index in [-0.39, 0.29) is 28.6 Å². The van der Waals surface area contributed by atoms with Gasteiger partial charge in [-0.25, -0.2) is 19.6 Å². The molecule has 8 nitrogen and oxygen atoms in total. The summed E-state index contributed by atoms with van der Waals surface area (Å²) in [5.41, 5.74) is 3.04. The average Bonchev–Trinajstić information content (AvgIpc) is 3.03. The Balaban J connectivity index is 0.000000182. The highest BCUT2D eigenvalue weighted by Gasteiger charge is 2.22. The second-order valence-electron chi connectivity index (χ2n) is 9.63. The Hall–Kier alpha value is -4.22. The van der Waals surface area contributed by atoms with Crippen LogP contribution in [0.2, 0.25) is 10.0 Å². The van der Waals surface area contributed by atoms with Crippen molar-refractivity contribution >= 4 is 112 Å². The molecule has 0 unspecified atom stereocenters. The number of nitrogens with one attached hydrogen (secondary N) is 2. The van der Waals surface area contributed by atoms with Gasteiger partial charge >= 0.3 is 11.9 Å². The van der Waals surface area contributed by atoms with Gasteiger partial charge in [0.15, 0.2) is 0 Å². The lowest BCUT2D eigenvalue weighted by atomic mass is 10.1. The van der Waals surface area contributed by atoms with Crippen molar-refractivity contribution in [1.82, 2.24) is 9.97 Å². The minimum Gasteiger partial charge on any atom is -0.478 e. The summed E-state index contributed by atoms with van der Waals surface area (Å²) in [6.45, 7) is 2.01. The topological polar surface area (TPSA) is 113 Å². The Morgan fingerprint density at radius 2 is 1.15 bits per heavy atom. The first-order chi connectivity index (χ1) is 22.2. The number of halogens is 4. The highest BCUT2D eigenvalue weighted by Crippen LogP contribution is 2.35. The van der Waals surface area contributed by atoms with E-state index < -0.39 is 11.9 Å². The number of esters is 1. The van der Waals surface area contributed by atoms with Crippen LogP contribution in [0.3, 0.4) is 0 Å². The van der Waals surface area contributed by atoms with Crippen molar-refractivity contribution in [3.8, 4) is 0 Å². The normalized spacial score (nSPS) is 10.6. The molecular weight excluding hydrogens is 759 g/mol. The molecule has 3 N–H and O–H groups in total. The Kier molecular flexibility index (Phi) is 10.7. The monoisotopic (exact) mass is 780 g/mol. The summed E-state index contributed by atoms with van der Waals surface area (Å²) >= 11 is 19.6. The van der Waals surface area contributed by atoms with E-state index >= 15 is 0 Å². The molecule has 0 aliphatic rings. The van der Waals surface area contributed by atoms with Crippen molar-refractivity contribution in [2.75, 3.05) is 17.2 Å². The van der Waals surface area contributed by atoms with Crippen LogP contribution < -0.4 is 10.6 Å². The maximum atomic E-state index is 12.4. The predicted octanol–water partition coefficient (Wildman–Crippen LogP) is 10.7. The predicted molar refractivity (Wildman–Crippen MR) is 191 cm³/mol. The summed E-state index contributed by atoms with van der Waals surface area (Å²) in [6.07, 6.45) is 0. The number of nitrogens with zero attached hydrogens (tertiary/aromatic N) is 2. The molecule has 0 saturated carbocycles. The minimum absolute atomic E-state index is 0.0453. The number of para-hydroxylation sites is 2. The lowest BCUT2D eigenvalue weighted by molar-refractivity contribution is 0.0527. The van der Waals surface area contributed by atoms with E-state index in [9.17, 15) is 14.7 Å². The molecule has 4 aromatic carbocycles. The van der Waals surface area contributed by atoms with Crippen molar-refractivity contribution in [3.05, 3.63) is 127 Å². The van der Waals surface area contributed by atoms with Crippen LogP contribution >= 0.6 is 55.1 Å². The zero-order valence-electron chi connectivity index (χ0n) is 24.0. The molecule has 6 rings (SSSR count). The van der Waals surface area contributed by atoms with Gasteiger partial charge in [-0.1, -0.05) is 91.5 Å². The number of aromatic carboxylic acids is 1. The van der Waals surface area contributed by atoms with E-state index in [2.05, 4.69) is 52.5 Å². The molecule has 0 amide bonds. The first-order valence-corrected chi connectivity index (χ1v) is 16.1. The van der Waals surface area contributed by atoms with Crippen LogP contribution in [0.1, 0.15) is 27.6 Å². The molecule has 12 heteroatoms. The smallest absolute Gasteiger partial charge is 0.343 e. The third-order valence-corrected chi connectivity index (χ3v) is 8.31. The van der Waals surface area contributed by atoms with E-state index in [4.69, 9.17) is 27.9 Å². The van der Waals surface area contributed by atoms with Gasteiger partial charge in [0.25, 0.3) is 0 Å². The van der Waals surface area contributed by atoms with Crippen LogP contribution in [0, 0.1) is 0 Å². The van der Waals surface area contributed by atoms with E-state index in [1.165, 1.54) is 0 Å². The zero-order chi connectivity index (χ0) is 32.8. The molecule has 0 saturated heterocycles. The summed E-state index contributed by atoms with van der Waals surface area (Å²) in [6, 6.07) is 29.6. The van der Waals surface area contributed by atoms with E-state index in [0.717, 1.165) is 20.3 Å². The SMILES string of the molecule is CCOC(=O)c1c(Nc2ccccc2)nc2ccc(Br)cc2c1Cl.O=C(O)c1c(Nc2ccccc2)nc2ccc(Br)cc2c1Cl. The molecule has 0 radical (unpaired) electrons. The van der Waals surface area contributed by atoms with Crippen molar-refractivity contribution < 1.29 is 19.4 Å². The number of fused-ring (bicyclic) bond motifs is 2. The highest BCUT2D eigenvalue weighted by molar-refractivity contribution is 9.10. The Morgan fingerprint density at radius 1 is 0.717 bits per heavy atom. The number of benzene rings is 4. The number of carbonyl (C=O) groups is 2. The van der Waals surface area contributed by atoms with Crippen LogP contribution in [-0.2, 0) is 4.74 Å². The third kappa shape index (κ3) is 7.59. The Morgan fingerprint density at radius 3 is 1.59 bits per heavy atom. The van der Waals surface area contributed by atoms with Gasteiger partial charge in [-0.05, 0) is 67.6 Å². The first kappa shape index (κ1) is 33.2. The van der Waals surface area contributed by atoms with Gasteiger partial charge < -0.3 is 20.5 Å². The fourth-order valence-corrected chi connectivity index (χ4v) is 5.84. The van der Waals surface area contributed by atoms with Crippen molar-refractivity contribution in [1.29, 1.82) is 0 Å². The second-order valence-corrected chi connectivity index (χ2v) is 12.2. The van der Waals surface area contributed by atoms with Gasteiger partial charge in [-0.15, -0.1) is 0 Å². The molecular formula is C34H24Br2Cl2N4O4. The molecule has 0 atom stereocenters. The van der Waals surface area contributed by atoms with E-state index in [1.54, 1.807) is 19.1 Å². The molecule has 0 bridgehead atoms. The molecule has 2 heterocycles. The van der Waals surface area contributed by atoms with Gasteiger partial charge in [0, 0.05) is 31.1 Å². The number of hydrogen-bond donors (Lipinski definition) is 3. The minimum atomic E-state index is -1.13. The number of ether oxygens (including phenoxy) is 1. The molecule has 0 fully saturated rings. The van der Waals surface area contributed by atoms with Gasteiger partial charge in [0.1, 0.15) is 22.8 Å². The van der Waals surface area contributed by atoms with Gasteiger partial charge in [-0.2, -0.15) is 0 Å². The average molecular weight is 783 g/mol. The van der Waals surface area contributed by atoms with E-state index in [1.807, 2.05) is 84.9 Å². The molecule has 0 aliphatic carbocycles. The molecule has 6 aromatic rings. The fraction of sp³-hybridized carbons (Fsp3) is 0.0588. The maximum Gasteiger partial charge on any atom is 0.343 e. The van der Waals surface area contributed by atoms with Crippen LogP contribution in [-0.4, -0.2) is 33.6 Å². The van der Waals surface area contributed by atoms with Gasteiger partial charge in [0.05, 0.1) is 27.7 Å². The Labute approximate surface area is 291 Å². The molecule has 0 spiro atoms. The summed E-state index contributed by atoms with van der Waals surface area (Å²) < 4.78 is 6.82. The van der Waals surface area contributed by atoms with E-state index in [0.29, 0.717) is 32.6 Å². The molecule has 232 valence electrons. The number of carboxylic acid groups (broad SMARTS) is 1. The zero-order valence-corrected chi connectivity index (χ0v) is 28.7. The summed E-state index contributed by atoms with van der Waals surface area (Å²) in [5.74, 6) is -1.04. The van der Waals surface area contributed by atoms with Crippen LogP contribution in [0.5, 0.6) is 0 Å². The van der Waals surface area contributed by atoms with Crippen LogP contribution in [0.4, 0.5) is 23.0 Å². The van der Waals surface area contributed by atoms with Crippen LogP contribution in [0.15, 0.2) is 106 Å². The quantitative estimate of drug-likeness (QED) is 0.137. The fourth-order valence-electron chi connectivity index (χ4n) is 4.48. The molecule has 0 aliphatic heterocycles. The summed E-state index contributed by atoms with van der Waals surface area (Å²) in [5, 5.41) is 17.4. The van der Waals surface area contributed by atoms with Gasteiger partial charge in [0.2, 0.25) is 0 Å². The number of aromatic nitrogens is 2. The Bertz CT molecular complexity index is 2070.